The number of benzene rings is 1. The Labute approximate surface area is 122 Å². The fourth-order valence-electron chi connectivity index (χ4n) is 2.21. The molecule has 7 nitrogen and oxygen atoms in total. The molecule has 1 aromatic heterocycles. The van der Waals surface area contributed by atoms with E-state index >= 15 is 0 Å². The maximum absolute atomic E-state index is 11.9. The number of nitrogens with two attached hydrogens (primary N) is 1. The van der Waals surface area contributed by atoms with Crippen LogP contribution in [0.25, 0.3) is 10.9 Å². The number of likely N-dealkylation sites (N-methyl/N-ethyl adjacent to an activating group) is 1. The summed E-state index contributed by atoms with van der Waals surface area (Å²) in [6.07, 6.45) is 2.15. The molecule has 1 amide bonds. The highest BCUT2D eigenvalue weighted by atomic mass is 16.2. The first kappa shape index (κ1) is 13.6. The molecule has 0 unspecified atom stereocenters. The van der Waals surface area contributed by atoms with Crippen LogP contribution in [0.4, 0.5) is 11.8 Å². The fourth-order valence-corrected chi connectivity index (χ4v) is 2.21. The lowest BCUT2D eigenvalue weighted by molar-refractivity contribution is -0.119. The van der Waals surface area contributed by atoms with Gasteiger partial charge in [0.15, 0.2) is 0 Å². The SMILES string of the molecule is CN(CC(=O)NC1CC1)c1nc(NN)nc2ccccc12. The van der Waals surface area contributed by atoms with Crippen molar-refractivity contribution in [3.05, 3.63) is 24.3 Å². The van der Waals surface area contributed by atoms with Crippen LogP contribution in [0.1, 0.15) is 12.8 Å². The zero-order chi connectivity index (χ0) is 14.8. The summed E-state index contributed by atoms with van der Waals surface area (Å²) in [5.41, 5.74) is 3.24. The quantitative estimate of drug-likeness (QED) is 0.551. The number of nitrogen functional groups attached to an aromatic ring is 1. The molecule has 3 rings (SSSR count). The van der Waals surface area contributed by atoms with E-state index in [2.05, 4.69) is 20.7 Å². The number of amides is 1. The molecule has 1 aliphatic carbocycles. The highest BCUT2D eigenvalue weighted by Gasteiger charge is 2.24. The van der Waals surface area contributed by atoms with Gasteiger partial charge >= 0.3 is 0 Å². The third-order valence-corrected chi connectivity index (χ3v) is 3.40. The van der Waals surface area contributed by atoms with Crippen molar-refractivity contribution in [2.75, 3.05) is 23.9 Å². The number of nitrogens with zero attached hydrogens (tertiary/aromatic N) is 3. The Morgan fingerprint density at radius 1 is 1.38 bits per heavy atom. The molecule has 0 bridgehead atoms. The largest absolute Gasteiger partial charge is 0.352 e. The number of hydrogen-bond acceptors (Lipinski definition) is 6. The first-order valence-electron chi connectivity index (χ1n) is 6.91. The summed E-state index contributed by atoms with van der Waals surface area (Å²) in [6.45, 7) is 0.252. The van der Waals surface area contributed by atoms with Gasteiger partial charge in [-0.15, -0.1) is 0 Å². The average Bonchev–Trinajstić information content (AvgIpc) is 3.29. The molecule has 0 atom stereocenters. The molecule has 1 saturated carbocycles. The molecule has 21 heavy (non-hydrogen) atoms. The van der Waals surface area contributed by atoms with Gasteiger partial charge in [0, 0.05) is 18.5 Å². The van der Waals surface area contributed by atoms with E-state index < -0.39 is 0 Å². The number of hydrogen-bond donors (Lipinski definition) is 3. The number of hydrazine groups is 1. The second kappa shape index (κ2) is 5.53. The van der Waals surface area contributed by atoms with Crippen LogP contribution in [-0.2, 0) is 4.79 Å². The summed E-state index contributed by atoms with van der Waals surface area (Å²) in [4.78, 5) is 22.4. The number of nitrogens with one attached hydrogen (secondary N) is 2. The normalized spacial score (nSPS) is 14.0. The van der Waals surface area contributed by atoms with E-state index in [-0.39, 0.29) is 12.5 Å². The van der Waals surface area contributed by atoms with Crippen molar-refractivity contribution >= 4 is 28.6 Å². The molecule has 7 heteroatoms. The van der Waals surface area contributed by atoms with E-state index in [1.807, 2.05) is 36.2 Å². The number of aromatic nitrogens is 2. The van der Waals surface area contributed by atoms with Crippen molar-refractivity contribution < 1.29 is 4.79 Å². The molecule has 4 N–H and O–H groups in total. The van der Waals surface area contributed by atoms with Gasteiger partial charge in [-0.1, -0.05) is 12.1 Å². The van der Waals surface area contributed by atoms with Crippen LogP contribution < -0.4 is 21.5 Å². The van der Waals surface area contributed by atoms with Crippen LogP contribution in [-0.4, -0.2) is 35.5 Å². The number of para-hydroxylation sites is 1. The lowest BCUT2D eigenvalue weighted by atomic mass is 10.2. The molecule has 2 aromatic rings. The molecule has 0 spiro atoms. The summed E-state index contributed by atoms with van der Waals surface area (Å²) < 4.78 is 0. The first-order valence-corrected chi connectivity index (χ1v) is 6.91. The molecule has 1 aromatic carbocycles. The second-order valence-electron chi connectivity index (χ2n) is 5.23. The van der Waals surface area contributed by atoms with Crippen LogP contribution >= 0.6 is 0 Å². The van der Waals surface area contributed by atoms with Gasteiger partial charge in [0.25, 0.3) is 0 Å². The van der Waals surface area contributed by atoms with Crippen LogP contribution in [0.3, 0.4) is 0 Å². The van der Waals surface area contributed by atoms with Crippen molar-refractivity contribution in [1.82, 2.24) is 15.3 Å². The summed E-state index contributed by atoms with van der Waals surface area (Å²) in [7, 11) is 1.83. The average molecular weight is 286 g/mol. The maximum atomic E-state index is 11.9. The second-order valence-corrected chi connectivity index (χ2v) is 5.23. The smallest absolute Gasteiger partial charge is 0.239 e. The standard InChI is InChI=1S/C14H18N6O/c1-20(8-12(21)16-9-6-7-9)13-10-4-2-3-5-11(10)17-14(18-13)19-15/h2-5,9H,6-8,15H2,1H3,(H,16,21)(H,17,18,19). The van der Waals surface area contributed by atoms with Crippen LogP contribution in [0.5, 0.6) is 0 Å². The summed E-state index contributed by atoms with van der Waals surface area (Å²) in [6, 6.07) is 8.00. The predicted molar refractivity (Wildman–Crippen MR) is 81.8 cm³/mol. The lowest BCUT2D eigenvalue weighted by Crippen LogP contribution is -2.36. The molecule has 0 saturated heterocycles. The molecule has 0 aliphatic heterocycles. The van der Waals surface area contributed by atoms with Crippen molar-refractivity contribution in [3.8, 4) is 0 Å². The molecular weight excluding hydrogens is 268 g/mol. The minimum atomic E-state index is 0.00458. The van der Waals surface area contributed by atoms with Crippen molar-refractivity contribution in [3.63, 3.8) is 0 Å². The van der Waals surface area contributed by atoms with Crippen LogP contribution in [0.2, 0.25) is 0 Å². The molecule has 0 radical (unpaired) electrons. The van der Waals surface area contributed by atoms with E-state index in [1.54, 1.807) is 0 Å². The van der Waals surface area contributed by atoms with Gasteiger partial charge in [-0.25, -0.2) is 10.8 Å². The van der Waals surface area contributed by atoms with Crippen molar-refractivity contribution in [2.45, 2.75) is 18.9 Å². The van der Waals surface area contributed by atoms with Gasteiger partial charge < -0.3 is 10.2 Å². The highest BCUT2D eigenvalue weighted by Crippen LogP contribution is 2.24. The summed E-state index contributed by atoms with van der Waals surface area (Å²) >= 11 is 0. The lowest BCUT2D eigenvalue weighted by Gasteiger charge is -2.20. The molecular formula is C14H18N6O. The number of carbonyl (C=O) groups excluding carboxylic acids is 1. The van der Waals surface area contributed by atoms with E-state index in [4.69, 9.17) is 5.84 Å². The van der Waals surface area contributed by atoms with Gasteiger partial charge in [-0.3, -0.25) is 10.2 Å². The highest BCUT2D eigenvalue weighted by molar-refractivity contribution is 5.92. The van der Waals surface area contributed by atoms with Gasteiger partial charge in [0.1, 0.15) is 5.82 Å². The fraction of sp³-hybridized carbons (Fsp3) is 0.357. The molecule has 1 aliphatic rings. The molecule has 110 valence electrons. The first-order chi connectivity index (χ1) is 10.2. The Hall–Kier alpha value is -2.41. The minimum absolute atomic E-state index is 0.00458. The van der Waals surface area contributed by atoms with E-state index in [0.29, 0.717) is 17.8 Å². The zero-order valence-corrected chi connectivity index (χ0v) is 11.8. The third-order valence-electron chi connectivity index (χ3n) is 3.40. The Kier molecular flexibility index (Phi) is 3.57. The topological polar surface area (TPSA) is 96.2 Å². The Balaban J connectivity index is 1.88. The third kappa shape index (κ3) is 3.03. The van der Waals surface area contributed by atoms with E-state index in [9.17, 15) is 4.79 Å². The van der Waals surface area contributed by atoms with Gasteiger partial charge in [0.05, 0.1) is 12.1 Å². The minimum Gasteiger partial charge on any atom is -0.352 e. The number of rotatable bonds is 5. The monoisotopic (exact) mass is 286 g/mol. The maximum Gasteiger partial charge on any atom is 0.239 e. The van der Waals surface area contributed by atoms with Crippen LogP contribution in [0.15, 0.2) is 24.3 Å². The zero-order valence-electron chi connectivity index (χ0n) is 11.8. The predicted octanol–water partition coefficient (Wildman–Crippen LogP) is 0.630. The number of anilines is 2. The van der Waals surface area contributed by atoms with E-state index in [0.717, 1.165) is 23.7 Å². The molecule has 1 heterocycles. The Morgan fingerprint density at radius 2 is 2.14 bits per heavy atom. The van der Waals surface area contributed by atoms with Crippen molar-refractivity contribution in [1.29, 1.82) is 0 Å². The van der Waals surface area contributed by atoms with Crippen molar-refractivity contribution in [2.24, 2.45) is 5.84 Å². The van der Waals surface area contributed by atoms with E-state index in [1.165, 1.54) is 0 Å². The van der Waals surface area contributed by atoms with Crippen LogP contribution in [0, 0.1) is 0 Å². The number of carbonyl (C=O) groups is 1. The Bertz CT molecular complexity index is 670. The van der Waals surface area contributed by atoms with Gasteiger partial charge in [-0.2, -0.15) is 4.98 Å². The summed E-state index contributed by atoms with van der Waals surface area (Å²) in [5.74, 6) is 6.43. The molecule has 1 fully saturated rings. The summed E-state index contributed by atoms with van der Waals surface area (Å²) in [5, 5.41) is 3.85. The van der Waals surface area contributed by atoms with Gasteiger partial charge in [0.2, 0.25) is 11.9 Å². The Morgan fingerprint density at radius 3 is 2.86 bits per heavy atom. The van der Waals surface area contributed by atoms with Gasteiger partial charge in [-0.05, 0) is 25.0 Å². The number of fused-ring (bicyclic) bond motifs is 1.